The molecule has 2 fully saturated rings. The van der Waals surface area contributed by atoms with Crippen molar-refractivity contribution in [3.8, 4) is 11.1 Å². The Morgan fingerprint density at radius 1 is 1.15 bits per heavy atom. The predicted molar refractivity (Wildman–Crippen MR) is 106 cm³/mol. The molecular weight excluding hydrogens is 344 g/mol. The zero-order valence-corrected chi connectivity index (χ0v) is 16.1. The van der Waals surface area contributed by atoms with E-state index in [4.69, 9.17) is 4.74 Å². The molecule has 0 bridgehead atoms. The first kappa shape index (κ1) is 17.7. The van der Waals surface area contributed by atoms with Gasteiger partial charge in [0, 0.05) is 44.9 Å². The Kier molecular flexibility index (Phi) is 5.38. The molecule has 2 saturated heterocycles. The van der Waals surface area contributed by atoms with Crippen LogP contribution in [0.25, 0.3) is 11.1 Å². The number of carbonyl (C=O) groups is 1. The number of carbonyl (C=O) groups excluding carboxylic acids is 1. The van der Waals surface area contributed by atoms with Gasteiger partial charge in [-0.15, -0.1) is 11.3 Å². The van der Waals surface area contributed by atoms with E-state index in [1.807, 2.05) is 10.3 Å². The highest BCUT2D eigenvalue weighted by atomic mass is 32.1. The third kappa shape index (κ3) is 3.85. The van der Waals surface area contributed by atoms with Crippen LogP contribution < -0.4 is 0 Å². The normalized spacial score (nSPS) is 21.3. The van der Waals surface area contributed by atoms with Gasteiger partial charge in [0.25, 0.3) is 5.91 Å². The highest BCUT2D eigenvalue weighted by molar-refractivity contribution is 7.12. The largest absolute Gasteiger partial charge is 0.377 e. The van der Waals surface area contributed by atoms with Crippen LogP contribution >= 0.6 is 11.3 Å². The van der Waals surface area contributed by atoms with Crippen molar-refractivity contribution in [2.24, 2.45) is 0 Å². The topological polar surface area (TPSA) is 32.8 Å². The highest BCUT2D eigenvalue weighted by Gasteiger charge is 2.27. The minimum Gasteiger partial charge on any atom is -0.377 e. The number of hydrogen-bond donors (Lipinski definition) is 0. The second-order valence-electron chi connectivity index (χ2n) is 7.26. The second kappa shape index (κ2) is 7.91. The maximum Gasteiger partial charge on any atom is 0.264 e. The van der Waals surface area contributed by atoms with Crippen molar-refractivity contribution in [2.45, 2.75) is 25.9 Å². The lowest BCUT2D eigenvalue weighted by atomic mass is 10.0. The molecule has 2 aliphatic rings. The number of benzene rings is 1. The van der Waals surface area contributed by atoms with Gasteiger partial charge in [0.2, 0.25) is 0 Å². The minimum atomic E-state index is 0.173. The van der Waals surface area contributed by atoms with Crippen LogP contribution in [0.4, 0.5) is 0 Å². The number of ether oxygens (including phenoxy) is 1. The van der Waals surface area contributed by atoms with E-state index in [0.717, 1.165) is 55.3 Å². The number of thiophene rings is 1. The molecule has 1 aromatic carbocycles. The molecule has 0 spiro atoms. The third-order valence-electron chi connectivity index (χ3n) is 5.37. The van der Waals surface area contributed by atoms with E-state index >= 15 is 0 Å². The van der Waals surface area contributed by atoms with E-state index in [2.05, 4.69) is 42.2 Å². The van der Waals surface area contributed by atoms with Gasteiger partial charge in [-0.05, 0) is 36.8 Å². The molecule has 1 amide bonds. The molecule has 3 heterocycles. The van der Waals surface area contributed by atoms with Crippen LogP contribution in [0.5, 0.6) is 0 Å². The number of piperazine rings is 1. The van der Waals surface area contributed by atoms with Crippen molar-refractivity contribution in [1.82, 2.24) is 9.80 Å². The molecule has 2 aromatic rings. The molecule has 0 radical (unpaired) electrons. The van der Waals surface area contributed by atoms with E-state index in [1.165, 1.54) is 18.4 Å². The Morgan fingerprint density at radius 2 is 1.92 bits per heavy atom. The molecule has 4 rings (SSSR count). The van der Waals surface area contributed by atoms with Crippen LogP contribution in [0.1, 0.15) is 28.1 Å². The fourth-order valence-electron chi connectivity index (χ4n) is 3.79. The smallest absolute Gasteiger partial charge is 0.264 e. The summed E-state index contributed by atoms with van der Waals surface area (Å²) in [6.07, 6.45) is 2.75. The summed E-state index contributed by atoms with van der Waals surface area (Å²) in [5, 5.41) is 2.02. The zero-order valence-electron chi connectivity index (χ0n) is 15.3. The van der Waals surface area contributed by atoms with Gasteiger partial charge >= 0.3 is 0 Å². The van der Waals surface area contributed by atoms with Gasteiger partial charge in [-0.1, -0.05) is 29.8 Å². The number of hydrogen-bond acceptors (Lipinski definition) is 4. The lowest BCUT2D eigenvalue weighted by Gasteiger charge is -2.35. The lowest BCUT2D eigenvalue weighted by Crippen LogP contribution is -2.50. The third-order valence-corrected chi connectivity index (χ3v) is 6.27. The summed E-state index contributed by atoms with van der Waals surface area (Å²) in [5.41, 5.74) is 3.42. The second-order valence-corrected chi connectivity index (χ2v) is 8.17. The first-order chi connectivity index (χ1) is 12.7. The summed E-state index contributed by atoms with van der Waals surface area (Å²) < 4.78 is 5.74. The minimum absolute atomic E-state index is 0.173. The summed E-state index contributed by atoms with van der Waals surface area (Å²) in [6.45, 7) is 7.49. The molecule has 5 heteroatoms. The van der Waals surface area contributed by atoms with E-state index in [1.54, 1.807) is 11.3 Å². The Morgan fingerprint density at radius 3 is 2.62 bits per heavy atom. The Bertz CT molecular complexity index is 742. The van der Waals surface area contributed by atoms with Gasteiger partial charge in [0.1, 0.15) is 0 Å². The van der Waals surface area contributed by atoms with Gasteiger partial charge in [-0.2, -0.15) is 0 Å². The number of aryl methyl sites for hydroxylation is 1. The Balaban J connectivity index is 1.40. The standard InChI is InChI=1S/C21H26N2O2S/c1-16-4-6-17(7-5-16)19-8-14-26-20(19)21(24)23-11-9-22(10-12-23)15-18-3-2-13-25-18/h4-8,14,18H,2-3,9-13,15H2,1H3/t18-/m0/s1. The Hall–Kier alpha value is -1.69. The molecular formula is C21H26N2O2S. The average Bonchev–Trinajstić information content (AvgIpc) is 3.34. The lowest BCUT2D eigenvalue weighted by molar-refractivity contribution is 0.0435. The monoisotopic (exact) mass is 370 g/mol. The van der Waals surface area contributed by atoms with E-state index in [-0.39, 0.29) is 5.91 Å². The number of amides is 1. The Labute approximate surface area is 159 Å². The first-order valence-corrected chi connectivity index (χ1v) is 10.4. The van der Waals surface area contributed by atoms with Crippen LogP contribution in [0, 0.1) is 6.92 Å². The fourth-order valence-corrected chi connectivity index (χ4v) is 4.67. The molecule has 26 heavy (non-hydrogen) atoms. The molecule has 0 N–H and O–H groups in total. The maximum absolute atomic E-state index is 13.1. The van der Waals surface area contributed by atoms with E-state index < -0.39 is 0 Å². The van der Waals surface area contributed by atoms with E-state index in [0.29, 0.717) is 6.10 Å². The fraction of sp³-hybridized carbons (Fsp3) is 0.476. The first-order valence-electron chi connectivity index (χ1n) is 9.48. The van der Waals surface area contributed by atoms with Crippen molar-refractivity contribution in [1.29, 1.82) is 0 Å². The molecule has 138 valence electrons. The zero-order chi connectivity index (χ0) is 17.9. The summed E-state index contributed by atoms with van der Waals surface area (Å²) >= 11 is 1.55. The number of rotatable bonds is 4. The SMILES string of the molecule is Cc1ccc(-c2ccsc2C(=O)N2CCN(C[C@@H]3CCCO3)CC2)cc1. The summed E-state index contributed by atoms with van der Waals surface area (Å²) in [6, 6.07) is 10.5. The van der Waals surface area contributed by atoms with Crippen molar-refractivity contribution in [2.75, 3.05) is 39.3 Å². The van der Waals surface area contributed by atoms with Crippen LogP contribution in [0.2, 0.25) is 0 Å². The van der Waals surface area contributed by atoms with Gasteiger partial charge < -0.3 is 9.64 Å². The van der Waals surface area contributed by atoms with Crippen LogP contribution in [0.15, 0.2) is 35.7 Å². The molecule has 4 nitrogen and oxygen atoms in total. The van der Waals surface area contributed by atoms with Crippen molar-refractivity contribution in [3.63, 3.8) is 0 Å². The molecule has 0 unspecified atom stereocenters. The van der Waals surface area contributed by atoms with Crippen LogP contribution in [-0.2, 0) is 4.74 Å². The number of nitrogens with zero attached hydrogens (tertiary/aromatic N) is 2. The molecule has 1 atom stereocenters. The van der Waals surface area contributed by atoms with Crippen molar-refractivity contribution < 1.29 is 9.53 Å². The van der Waals surface area contributed by atoms with Crippen molar-refractivity contribution >= 4 is 17.2 Å². The predicted octanol–water partition coefficient (Wildman–Crippen LogP) is 3.66. The van der Waals surface area contributed by atoms with E-state index in [9.17, 15) is 4.79 Å². The van der Waals surface area contributed by atoms with Gasteiger partial charge in [-0.3, -0.25) is 9.69 Å². The van der Waals surface area contributed by atoms with Gasteiger partial charge in [0.05, 0.1) is 11.0 Å². The quantitative estimate of drug-likeness (QED) is 0.823. The highest BCUT2D eigenvalue weighted by Crippen LogP contribution is 2.30. The molecule has 0 saturated carbocycles. The maximum atomic E-state index is 13.1. The van der Waals surface area contributed by atoms with Crippen molar-refractivity contribution in [3.05, 3.63) is 46.2 Å². The average molecular weight is 371 g/mol. The molecule has 1 aromatic heterocycles. The molecule has 0 aliphatic carbocycles. The van der Waals surface area contributed by atoms with Crippen LogP contribution in [-0.4, -0.2) is 61.1 Å². The van der Waals surface area contributed by atoms with Gasteiger partial charge in [0.15, 0.2) is 0 Å². The molecule has 2 aliphatic heterocycles. The summed E-state index contributed by atoms with van der Waals surface area (Å²) in [4.78, 5) is 18.4. The summed E-state index contributed by atoms with van der Waals surface area (Å²) in [7, 11) is 0. The summed E-state index contributed by atoms with van der Waals surface area (Å²) in [5.74, 6) is 0.173. The van der Waals surface area contributed by atoms with Crippen LogP contribution in [0.3, 0.4) is 0 Å². The van der Waals surface area contributed by atoms with Gasteiger partial charge in [-0.25, -0.2) is 0 Å².